The molecule has 0 saturated carbocycles. The molecule has 0 spiro atoms. The fourth-order valence-electron chi connectivity index (χ4n) is 2.32. The van der Waals surface area contributed by atoms with Crippen molar-refractivity contribution in [1.82, 2.24) is 0 Å². The van der Waals surface area contributed by atoms with Crippen LogP contribution >= 0.6 is 0 Å². The molecule has 0 fully saturated rings. The Hall–Kier alpha value is -2.09. The zero-order chi connectivity index (χ0) is 13.5. The normalized spacial score (nSPS) is 15.8. The van der Waals surface area contributed by atoms with Crippen LogP contribution < -0.4 is 4.74 Å². The largest absolute Gasteiger partial charge is 0.457 e. The van der Waals surface area contributed by atoms with Crippen molar-refractivity contribution in [1.29, 1.82) is 0 Å². The first-order valence-corrected chi connectivity index (χ1v) is 6.50. The summed E-state index contributed by atoms with van der Waals surface area (Å²) in [4.78, 5) is 4.61. The first kappa shape index (κ1) is 12.0. The fraction of sp³-hybridized carbons (Fsp3) is 0.235. The summed E-state index contributed by atoms with van der Waals surface area (Å²) in [5.74, 6) is 1.72. The molecule has 2 aromatic rings. The summed E-state index contributed by atoms with van der Waals surface area (Å²) in [6.07, 6.45) is 0. The lowest BCUT2D eigenvalue weighted by molar-refractivity contribution is 0.481. The molecule has 2 nitrogen and oxygen atoms in total. The number of hydrogen-bond donors (Lipinski definition) is 0. The van der Waals surface area contributed by atoms with Gasteiger partial charge in [0, 0.05) is 11.1 Å². The van der Waals surface area contributed by atoms with Crippen LogP contribution in [0.1, 0.15) is 26.3 Å². The Balaban J connectivity index is 1.95. The van der Waals surface area contributed by atoms with E-state index in [2.05, 4.69) is 31.8 Å². The van der Waals surface area contributed by atoms with Crippen LogP contribution in [0.5, 0.6) is 11.5 Å². The summed E-state index contributed by atoms with van der Waals surface area (Å²) in [5, 5.41) is 0. The SMILES string of the molecule is CC1=Nc2ccc(Oc3ccccc3)cc2C1(C)C. The molecule has 1 aliphatic rings. The molecule has 0 bridgehead atoms. The number of benzene rings is 2. The lowest BCUT2D eigenvalue weighted by Crippen LogP contribution is -2.22. The minimum absolute atomic E-state index is 0.00854. The van der Waals surface area contributed by atoms with Crippen LogP contribution in [0.15, 0.2) is 53.5 Å². The summed E-state index contributed by atoms with van der Waals surface area (Å²) >= 11 is 0. The molecular weight excluding hydrogens is 234 g/mol. The van der Waals surface area contributed by atoms with Crippen LogP contribution in [0.2, 0.25) is 0 Å². The molecule has 2 heteroatoms. The van der Waals surface area contributed by atoms with E-state index < -0.39 is 0 Å². The third kappa shape index (κ3) is 2.03. The quantitative estimate of drug-likeness (QED) is 0.746. The van der Waals surface area contributed by atoms with Crippen LogP contribution in [0.25, 0.3) is 0 Å². The van der Waals surface area contributed by atoms with E-state index in [4.69, 9.17) is 4.74 Å². The van der Waals surface area contributed by atoms with Crippen molar-refractivity contribution in [3.63, 3.8) is 0 Å². The maximum absolute atomic E-state index is 5.88. The Morgan fingerprint density at radius 2 is 1.68 bits per heavy atom. The fourth-order valence-corrected chi connectivity index (χ4v) is 2.32. The van der Waals surface area contributed by atoms with Gasteiger partial charge in [-0.25, -0.2) is 0 Å². The summed E-state index contributed by atoms with van der Waals surface area (Å²) < 4.78 is 5.88. The summed E-state index contributed by atoms with van der Waals surface area (Å²) in [6.45, 7) is 6.48. The van der Waals surface area contributed by atoms with Gasteiger partial charge in [0.05, 0.1) is 5.69 Å². The predicted octanol–water partition coefficient (Wildman–Crippen LogP) is 4.86. The Labute approximate surface area is 113 Å². The summed E-state index contributed by atoms with van der Waals surface area (Å²) in [7, 11) is 0. The third-order valence-electron chi connectivity index (χ3n) is 3.81. The van der Waals surface area contributed by atoms with Gasteiger partial charge in [0.2, 0.25) is 0 Å². The van der Waals surface area contributed by atoms with E-state index in [0.717, 1.165) is 22.9 Å². The van der Waals surface area contributed by atoms with E-state index in [1.54, 1.807) is 0 Å². The molecule has 1 heterocycles. The predicted molar refractivity (Wildman–Crippen MR) is 78.8 cm³/mol. The van der Waals surface area contributed by atoms with Crippen LogP contribution in [-0.2, 0) is 5.41 Å². The molecule has 2 aromatic carbocycles. The highest BCUT2D eigenvalue weighted by Crippen LogP contribution is 2.42. The maximum atomic E-state index is 5.88. The topological polar surface area (TPSA) is 21.6 Å². The number of aliphatic imine (C=N–C) groups is 1. The maximum Gasteiger partial charge on any atom is 0.127 e. The molecule has 0 aromatic heterocycles. The molecular formula is C17H17NO. The highest BCUT2D eigenvalue weighted by molar-refractivity contribution is 5.99. The van der Waals surface area contributed by atoms with Gasteiger partial charge in [0.25, 0.3) is 0 Å². The van der Waals surface area contributed by atoms with Crippen LogP contribution in [0, 0.1) is 0 Å². The second kappa shape index (κ2) is 4.23. The van der Waals surface area contributed by atoms with E-state index in [9.17, 15) is 0 Å². The Bertz CT molecular complexity index is 642. The summed E-state index contributed by atoms with van der Waals surface area (Å²) in [5.41, 5.74) is 3.44. The lowest BCUT2D eigenvalue weighted by atomic mass is 9.82. The highest BCUT2D eigenvalue weighted by Gasteiger charge is 2.32. The van der Waals surface area contributed by atoms with Crippen LogP contribution in [0.4, 0.5) is 5.69 Å². The van der Waals surface area contributed by atoms with E-state index in [1.165, 1.54) is 5.56 Å². The number of para-hydroxylation sites is 1. The molecule has 0 aliphatic carbocycles. The first-order chi connectivity index (χ1) is 9.07. The van der Waals surface area contributed by atoms with Gasteiger partial charge in [-0.1, -0.05) is 32.0 Å². The van der Waals surface area contributed by atoms with E-state index >= 15 is 0 Å². The minimum atomic E-state index is -0.00854. The van der Waals surface area contributed by atoms with Crippen molar-refractivity contribution in [3.05, 3.63) is 54.1 Å². The third-order valence-corrected chi connectivity index (χ3v) is 3.81. The number of fused-ring (bicyclic) bond motifs is 1. The van der Waals surface area contributed by atoms with Gasteiger partial charge in [0.1, 0.15) is 11.5 Å². The molecule has 0 N–H and O–H groups in total. The molecule has 96 valence electrons. The van der Waals surface area contributed by atoms with Crippen molar-refractivity contribution >= 4 is 11.4 Å². The van der Waals surface area contributed by atoms with Crippen molar-refractivity contribution in [2.45, 2.75) is 26.2 Å². The molecule has 3 rings (SSSR count). The van der Waals surface area contributed by atoms with Gasteiger partial charge in [-0.05, 0) is 42.8 Å². The van der Waals surface area contributed by atoms with E-state index in [1.807, 2.05) is 42.5 Å². The number of ether oxygens (including phenoxy) is 1. The lowest BCUT2D eigenvalue weighted by Gasteiger charge is -2.20. The van der Waals surface area contributed by atoms with Crippen molar-refractivity contribution in [3.8, 4) is 11.5 Å². The molecule has 0 unspecified atom stereocenters. The van der Waals surface area contributed by atoms with Gasteiger partial charge in [-0.15, -0.1) is 0 Å². The molecule has 1 aliphatic heterocycles. The Morgan fingerprint density at radius 1 is 0.947 bits per heavy atom. The second-order valence-electron chi connectivity index (χ2n) is 5.42. The van der Waals surface area contributed by atoms with Crippen molar-refractivity contribution in [2.24, 2.45) is 4.99 Å². The minimum Gasteiger partial charge on any atom is -0.457 e. The smallest absolute Gasteiger partial charge is 0.127 e. The molecule has 19 heavy (non-hydrogen) atoms. The molecule has 0 amide bonds. The van der Waals surface area contributed by atoms with Gasteiger partial charge in [-0.3, -0.25) is 4.99 Å². The average molecular weight is 251 g/mol. The van der Waals surface area contributed by atoms with Crippen LogP contribution in [-0.4, -0.2) is 5.71 Å². The monoisotopic (exact) mass is 251 g/mol. The van der Waals surface area contributed by atoms with E-state index in [0.29, 0.717) is 0 Å². The second-order valence-corrected chi connectivity index (χ2v) is 5.42. The van der Waals surface area contributed by atoms with Gasteiger partial charge in [-0.2, -0.15) is 0 Å². The Kier molecular flexibility index (Phi) is 2.67. The van der Waals surface area contributed by atoms with Crippen LogP contribution in [0.3, 0.4) is 0 Å². The van der Waals surface area contributed by atoms with Gasteiger partial charge >= 0.3 is 0 Å². The standard InChI is InChI=1S/C17H17NO/c1-12-17(2,3)15-11-14(9-10-16(15)18-12)19-13-7-5-4-6-8-13/h4-11H,1-3H3. The zero-order valence-corrected chi connectivity index (χ0v) is 11.5. The van der Waals surface area contributed by atoms with Gasteiger partial charge in [0.15, 0.2) is 0 Å². The highest BCUT2D eigenvalue weighted by atomic mass is 16.5. The van der Waals surface area contributed by atoms with E-state index in [-0.39, 0.29) is 5.41 Å². The number of rotatable bonds is 2. The molecule has 0 radical (unpaired) electrons. The summed E-state index contributed by atoms with van der Waals surface area (Å²) in [6, 6.07) is 16.0. The Morgan fingerprint density at radius 3 is 2.42 bits per heavy atom. The average Bonchev–Trinajstić information content (AvgIpc) is 2.62. The van der Waals surface area contributed by atoms with Gasteiger partial charge < -0.3 is 4.74 Å². The first-order valence-electron chi connectivity index (χ1n) is 6.50. The number of nitrogens with zero attached hydrogens (tertiary/aromatic N) is 1. The van der Waals surface area contributed by atoms with Crippen molar-refractivity contribution in [2.75, 3.05) is 0 Å². The zero-order valence-electron chi connectivity index (χ0n) is 11.5. The molecule has 0 saturated heterocycles. The van der Waals surface area contributed by atoms with Crippen molar-refractivity contribution < 1.29 is 4.74 Å². The molecule has 0 atom stereocenters. The number of hydrogen-bond acceptors (Lipinski definition) is 2.